The molecule has 3 rings (SSSR count). The van der Waals surface area contributed by atoms with E-state index in [2.05, 4.69) is 10.0 Å². The first kappa shape index (κ1) is 21.9. The Morgan fingerprint density at radius 1 is 0.900 bits per heavy atom. The van der Waals surface area contributed by atoms with Gasteiger partial charge in [0.05, 0.1) is 10.6 Å². The maximum atomic E-state index is 12.9. The average Bonchev–Trinajstić information content (AvgIpc) is 2.73. The van der Waals surface area contributed by atoms with Crippen molar-refractivity contribution < 1.29 is 13.2 Å². The Hall–Kier alpha value is -2.77. The number of carbonyl (C=O) groups is 1. The molecule has 3 aromatic carbocycles. The highest BCUT2D eigenvalue weighted by molar-refractivity contribution is 7.99. The molecule has 1 amide bonds. The van der Waals surface area contributed by atoms with E-state index >= 15 is 0 Å². The Morgan fingerprint density at radius 3 is 2.33 bits per heavy atom. The fourth-order valence-electron chi connectivity index (χ4n) is 2.87. The van der Waals surface area contributed by atoms with Crippen molar-refractivity contribution in [2.24, 2.45) is 0 Å². The quantitative estimate of drug-likeness (QED) is 0.396. The summed E-state index contributed by atoms with van der Waals surface area (Å²) in [5, 5.41) is 2.85. The number of nitrogens with one attached hydrogen (secondary N) is 2. The van der Waals surface area contributed by atoms with Gasteiger partial charge in [-0.2, -0.15) is 0 Å². The summed E-state index contributed by atoms with van der Waals surface area (Å²) in [5.41, 5.74) is 2.23. The highest BCUT2D eigenvalue weighted by Crippen LogP contribution is 2.23. The molecule has 5 nitrogen and oxygen atoms in total. The Kier molecular flexibility index (Phi) is 7.18. The molecular formula is C23H24N2O3S2. The normalized spacial score (nSPS) is 11.1. The smallest absolute Gasteiger partial charge is 0.262 e. The number of thioether (sulfide) groups is 1. The van der Waals surface area contributed by atoms with E-state index in [1.807, 2.05) is 49.4 Å². The van der Waals surface area contributed by atoms with Gasteiger partial charge in [-0.05, 0) is 55.3 Å². The van der Waals surface area contributed by atoms with Crippen LogP contribution in [0, 0.1) is 13.8 Å². The van der Waals surface area contributed by atoms with Crippen molar-refractivity contribution in [1.82, 2.24) is 5.32 Å². The number of anilines is 1. The summed E-state index contributed by atoms with van der Waals surface area (Å²) >= 11 is 1.65. The van der Waals surface area contributed by atoms with Crippen molar-refractivity contribution in [3.05, 3.63) is 89.5 Å². The van der Waals surface area contributed by atoms with Gasteiger partial charge >= 0.3 is 0 Å². The van der Waals surface area contributed by atoms with Gasteiger partial charge in [0.1, 0.15) is 0 Å². The number of sulfonamides is 1. The molecule has 3 aromatic rings. The molecule has 7 heteroatoms. The third-order valence-electron chi connectivity index (χ3n) is 4.53. The molecule has 30 heavy (non-hydrogen) atoms. The molecule has 0 fully saturated rings. The zero-order valence-corrected chi connectivity index (χ0v) is 18.5. The van der Waals surface area contributed by atoms with E-state index in [0.717, 1.165) is 16.2 Å². The molecule has 0 aliphatic carbocycles. The van der Waals surface area contributed by atoms with Gasteiger partial charge in [-0.15, -0.1) is 11.8 Å². The van der Waals surface area contributed by atoms with E-state index < -0.39 is 10.0 Å². The molecule has 0 bridgehead atoms. The fourth-order valence-corrected chi connectivity index (χ4v) is 5.06. The van der Waals surface area contributed by atoms with E-state index in [1.54, 1.807) is 43.0 Å². The Balaban J connectivity index is 1.68. The molecule has 0 spiro atoms. The molecular weight excluding hydrogens is 416 g/mol. The zero-order valence-electron chi connectivity index (χ0n) is 16.9. The predicted octanol–water partition coefficient (Wildman–Crippen LogP) is 4.63. The molecule has 0 atom stereocenters. The first-order valence-corrected chi connectivity index (χ1v) is 12.0. The number of amides is 1. The maximum absolute atomic E-state index is 12.9. The van der Waals surface area contributed by atoms with Crippen LogP contribution in [0.4, 0.5) is 5.69 Å². The summed E-state index contributed by atoms with van der Waals surface area (Å²) in [6.45, 7) is 4.03. The van der Waals surface area contributed by atoms with E-state index in [4.69, 9.17) is 0 Å². The Bertz CT molecular complexity index is 1130. The molecule has 0 aliphatic rings. The lowest BCUT2D eigenvalue weighted by atomic mass is 10.1. The number of hydrogen-bond donors (Lipinski definition) is 2. The highest BCUT2D eigenvalue weighted by atomic mass is 32.2. The van der Waals surface area contributed by atoms with Crippen LogP contribution in [-0.4, -0.2) is 26.6 Å². The van der Waals surface area contributed by atoms with Crippen LogP contribution in [0.2, 0.25) is 0 Å². The van der Waals surface area contributed by atoms with Crippen LogP contribution in [0.1, 0.15) is 21.5 Å². The minimum atomic E-state index is -3.82. The van der Waals surface area contributed by atoms with Gasteiger partial charge in [-0.25, -0.2) is 8.42 Å². The van der Waals surface area contributed by atoms with E-state index in [0.29, 0.717) is 23.4 Å². The Labute approximate surface area is 182 Å². The molecule has 2 N–H and O–H groups in total. The van der Waals surface area contributed by atoms with E-state index in [9.17, 15) is 13.2 Å². The molecule has 0 aliphatic heterocycles. The lowest BCUT2D eigenvalue weighted by Gasteiger charge is -2.13. The first-order chi connectivity index (χ1) is 14.4. The molecule has 0 unspecified atom stereocenters. The predicted molar refractivity (Wildman–Crippen MR) is 123 cm³/mol. The van der Waals surface area contributed by atoms with Gasteiger partial charge in [0.2, 0.25) is 0 Å². The van der Waals surface area contributed by atoms with Crippen molar-refractivity contribution >= 4 is 33.4 Å². The topological polar surface area (TPSA) is 75.3 Å². The zero-order chi connectivity index (χ0) is 21.6. The minimum Gasteiger partial charge on any atom is -0.351 e. The van der Waals surface area contributed by atoms with Crippen LogP contribution in [0.5, 0.6) is 0 Å². The van der Waals surface area contributed by atoms with Crippen molar-refractivity contribution in [2.45, 2.75) is 23.6 Å². The van der Waals surface area contributed by atoms with Gasteiger partial charge in [0.25, 0.3) is 15.9 Å². The maximum Gasteiger partial charge on any atom is 0.262 e. The lowest BCUT2D eigenvalue weighted by Crippen LogP contribution is -2.26. The second-order valence-corrected chi connectivity index (χ2v) is 9.64. The summed E-state index contributed by atoms with van der Waals surface area (Å²) < 4.78 is 28.5. The van der Waals surface area contributed by atoms with Gasteiger partial charge in [0, 0.05) is 22.8 Å². The summed E-state index contributed by atoms with van der Waals surface area (Å²) in [6, 6.07) is 21.8. The number of carbonyl (C=O) groups excluding carboxylic acids is 1. The number of para-hydroxylation sites is 1. The second-order valence-electron chi connectivity index (χ2n) is 6.82. The van der Waals surface area contributed by atoms with Gasteiger partial charge in [-0.1, -0.05) is 42.5 Å². The number of hydrogen-bond acceptors (Lipinski definition) is 4. The molecule has 0 aromatic heterocycles. The monoisotopic (exact) mass is 440 g/mol. The van der Waals surface area contributed by atoms with Crippen LogP contribution >= 0.6 is 11.8 Å². The van der Waals surface area contributed by atoms with Crippen molar-refractivity contribution in [3.63, 3.8) is 0 Å². The van der Waals surface area contributed by atoms with E-state index in [-0.39, 0.29) is 10.8 Å². The van der Waals surface area contributed by atoms with Gasteiger partial charge in [-0.3, -0.25) is 9.52 Å². The summed E-state index contributed by atoms with van der Waals surface area (Å²) in [4.78, 5) is 13.8. The average molecular weight is 441 g/mol. The molecule has 0 radical (unpaired) electrons. The first-order valence-electron chi connectivity index (χ1n) is 9.52. The third kappa shape index (κ3) is 5.64. The molecule has 0 saturated carbocycles. The lowest BCUT2D eigenvalue weighted by molar-refractivity contribution is 0.0956. The number of rotatable bonds is 8. The highest BCUT2D eigenvalue weighted by Gasteiger charge is 2.20. The second kappa shape index (κ2) is 9.82. The Morgan fingerprint density at radius 2 is 1.60 bits per heavy atom. The summed E-state index contributed by atoms with van der Waals surface area (Å²) in [6.07, 6.45) is 0. The van der Waals surface area contributed by atoms with Gasteiger partial charge < -0.3 is 5.32 Å². The van der Waals surface area contributed by atoms with Crippen molar-refractivity contribution in [2.75, 3.05) is 17.0 Å². The SMILES string of the molecule is Cc1ccccc1NS(=O)(=O)c1cc(C(=O)NCCSc2ccccc2)ccc1C. The molecule has 156 valence electrons. The number of benzene rings is 3. The summed E-state index contributed by atoms with van der Waals surface area (Å²) in [7, 11) is -3.82. The van der Waals surface area contributed by atoms with Crippen molar-refractivity contribution in [1.29, 1.82) is 0 Å². The minimum absolute atomic E-state index is 0.0945. The third-order valence-corrected chi connectivity index (χ3v) is 7.05. The molecule has 0 saturated heterocycles. The van der Waals surface area contributed by atoms with Crippen LogP contribution < -0.4 is 10.0 Å². The van der Waals surface area contributed by atoms with Crippen LogP contribution in [0.3, 0.4) is 0 Å². The van der Waals surface area contributed by atoms with Crippen LogP contribution in [0.25, 0.3) is 0 Å². The number of aryl methyl sites for hydroxylation is 2. The summed E-state index contributed by atoms with van der Waals surface area (Å²) in [5.74, 6) is 0.428. The molecule has 0 heterocycles. The van der Waals surface area contributed by atoms with Crippen LogP contribution in [0.15, 0.2) is 82.6 Å². The van der Waals surface area contributed by atoms with Gasteiger partial charge in [0.15, 0.2) is 0 Å². The fraction of sp³-hybridized carbons (Fsp3) is 0.174. The van der Waals surface area contributed by atoms with Crippen LogP contribution in [-0.2, 0) is 10.0 Å². The van der Waals surface area contributed by atoms with E-state index in [1.165, 1.54) is 6.07 Å². The largest absolute Gasteiger partial charge is 0.351 e. The standard InChI is InChI=1S/C23H24N2O3S2/c1-17-8-6-7-11-21(17)25-30(27,28)22-16-19(13-12-18(22)2)23(26)24-14-15-29-20-9-4-3-5-10-20/h3-13,16,25H,14-15H2,1-2H3,(H,24,26). The van der Waals surface area contributed by atoms with Crippen molar-refractivity contribution in [3.8, 4) is 0 Å².